The number of rotatable bonds is 5. The molecule has 0 saturated carbocycles. The van der Waals surface area contributed by atoms with E-state index in [1.54, 1.807) is 0 Å². The third-order valence-corrected chi connectivity index (χ3v) is 1.11. The van der Waals surface area contributed by atoms with E-state index in [4.69, 9.17) is 23.1 Å². The average Bonchev–Trinajstić information content (AvgIpc) is 2.05. The SMILES string of the molecule is [C-]#N.[CH-]=C(CCCC)OCC.[Cu+].[Li+]. The molecule has 0 amide bonds. The summed E-state index contributed by atoms with van der Waals surface area (Å²) in [6.07, 6.45) is 3.21. The zero-order valence-corrected chi connectivity index (χ0v) is 9.50. The fourth-order valence-electron chi connectivity index (χ4n) is 0.609. The molecule has 0 aromatic rings. The van der Waals surface area contributed by atoms with Gasteiger partial charge in [-0.1, -0.05) is 19.1 Å². The Hall–Kier alpha value is 0.147. The molecule has 0 bridgehead atoms. The standard InChI is InChI=1S/C8H15O.CN.Cu.Li/c1-4-6-7-8(3)9-5-2;1-2;;/h3H,4-7H2,1-2H3;;;/q2*-1;2*+1. The third-order valence-electron chi connectivity index (χ3n) is 1.11. The molecule has 4 heteroatoms. The number of hydrogen-bond acceptors (Lipinski definition) is 2. The molecule has 0 radical (unpaired) electrons. The first kappa shape index (κ1) is 23.2. The molecule has 2 nitrogen and oxygen atoms in total. The summed E-state index contributed by atoms with van der Waals surface area (Å²) >= 11 is 0. The molecule has 0 atom stereocenters. The zero-order valence-electron chi connectivity index (χ0n) is 8.56. The molecule has 0 unspecified atom stereocenters. The van der Waals surface area contributed by atoms with Gasteiger partial charge in [-0.15, -0.1) is 0 Å². The van der Waals surface area contributed by atoms with Crippen LogP contribution in [-0.4, -0.2) is 6.61 Å². The minimum Gasteiger partial charge on any atom is -0.535 e. The summed E-state index contributed by atoms with van der Waals surface area (Å²) in [5.41, 5.74) is 0. The van der Waals surface area contributed by atoms with Gasteiger partial charge in [-0.2, -0.15) is 0 Å². The minimum absolute atomic E-state index is 0. The summed E-state index contributed by atoms with van der Waals surface area (Å²) in [5, 5.41) is 6.25. The van der Waals surface area contributed by atoms with E-state index >= 15 is 0 Å². The second kappa shape index (κ2) is 22.7. The number of hydrogen-bond donors (Lipinski definition) is 0. The van der Waals surface area contributed by atoms with Crippen LogP contribution in [0.4, 0.5) is 0 Å². The molecule has 74 valence electrons. The molecule has 0 fully saturated rings. The third kappa shape index (κ3) is 24.5. The maximum Gasteiger partial charge on any atom is 1.00 e. The summed E-state index contributed by atoms with van der Waals surface area (Å²) in [4.78, 5) is 0. The van der Waals surface area contributed by atoms with Crippen molar-refractivity contribution in [3.8, 4) is 0 Å². The van der Waals surface area contributed by atoms with Crippen LogP contribution >= 0.6 is 0 Å². The molecule has 0 aliphatic carbocycles. The molecular formula is C9H15CuLiNO. The van der Waals surface area contributed by atoms with Crippen LogP contribution in [-0.2, 0) is 21.8 Å². The largest absolute Gasteiger partial charge is 1.00 e. The van der Waals surface area contributed by atoms with Crippen molar-refractivity contribution in [2.45, 2.75) is 33.1 Å². The summed E-state index contributed by atoms with van der Waals surface area (Å²) < 4.78 is 5.04. The summed E-state index contributed by atoms with van der Waals surface area (Å²) in [6.45, 7) is 15.0. The van der Waals surface area contributed by atoms with Crippen LogP contribution in [0.3, 0.4) is 0 Å². The first-order valence-electron chi connectivity index (χ1n) is 3.77. The molecule has 0 rings (SSSR count). The predicted octanol–water partition coefficient (Wildman–Crippen LogP) is -0.372. The zero-order chi connectivity index (χ0) is 9.11. The van der Waals surface area contributed by atoms with Crippen LogP contribution in [0.1, 0.15) is 33.1 Å². The summed E-state index contributed by atoms with van der Waals surface area (Å²) in [5.74, 6) is 0.680. The van der Waals surface area contributed by atoms with Gasteiger partial charge in [-0.05, 0) is 19.8 Å². The van der Waals surface area contributed by atoms with Crippen LogP contribution < -0.4 is 18.9 Å². The van der Waals surface area contributed by atoms with Crippen LogP contribution in [0.15, 0.2) is 5.76 Å². The van der Waals surface area contributed by atoms with Crippen LogP contribution in [0.25, 0.3) is 0 Å². The fourth-order valence-corrected chi connectivity index (χ4v) is 0.609. The molecular weight excluding hydrogens is 209 g/mol. The van der Waals surface area contributed by atoms with Crippen LogP contribution in [0.5, 0.6) is 0 Å². The average molecular weight is 224 g/mol. The van der Waals surface area contributed by atoms with Crippen molar-refractivity contribution in [1.29, 1.82) is 5.26 Å². The molecule has 0 aliphatic rings. The maximum atomic E-state index is 6.25. The number of nitrogens with zero attached hydrogens (tertiary/aromatic N) is 1. The topological polar surface area (TPSA) is 33.0 Å². The van der Waals surface area contributed by atoms with E-state index in [0.29, 0.717) is 12.4 Å². The molecule has 13 heavy (non-hydrogen) atoms. The van der Waals surface area contributed by atoms with E-state index < -0.39 is 0 Å². The number of unbranched alkanes of at least 4 members (excludes halogenated alkanes) is 1. The quantitative estimate of drug-likeness (QED) is 0.362. The van der Waals surface area contributed by atoms with Crippen molar-refractivity contribution in [1.82, 2.24) is 0 Å². The van der Waals surface area contributed by atoms with Gasteiger partial charge >= 0.3 is 35.9 Å². The summed E-state index contributed by atoms with van der Waals surface area (Å²) in [6, 6.07) is 0. The maximum absolute atomic E-state index is 6.25. The Bertz CT molecular complexity index is 117. The first-order valence-corrected chi connectivity index (χ1v) is 3.77. The second-order valence-electron chi connectivity index (χ2n) is 2.00. The predicted molar refractivity (Wildman–Crippen MR) is 43.9 cm³/mol. The van der Waals surface area contributed by atoms with Crippen LogP contribution in [0, 0.1) is 18.4 Å². The van der Waals surface area contributed by atoms with Gasteiger partial charge in [0.15, 0.2) is 0 Å². The Labute approximate surface area is 104 Å². The van der Waals surface area contributed by atoms with Gasteiger partial charge in [-0.25, -0.2) is 0 Å². The van der Waals surface area contributed by atoms with Crippen molar-refractivity contribution >= 4 is 0 Å². The van der Waals surface area contributed by atoms with E-state index in [1.807, 2.05) is 6.92 Å². The number of ether oxygens (including phenoxy) is 1. The Morgan fingerprint density at radius 2 is 1.85 bits per heavy atom. The molecule has 0 N–H and O–H groups in total. The van der Waals surface area contributed by atoms with Crippen molar-refractivity contribution in [2.24, 2.45) is 0 Å². The van der Waals surface area contributed by atoms with Gasteiger partial charge in [0, 0.05) is 0 Å². The fraction of sp³-hybridized carbons (Fsp3) is 0.667. The van der Waals surface area contributed by atoms with Gasteiger partial charge in [0.1, 0.15) is 0 Å². The van der Waals surface area contributed by atoms with E-state index in [9.17, 15) is 0 Å². The number of allylic oxidation sites excluding steroid dienone is 1. The summed E-state index contributed by atoms with van der Waals surface area (Å²) in [7, 11) is 0. The van der Waals surface area contributed by atoms with Gasteiger partial charge in [-0.3, -0.25) is 0 Å². The van der Waals surface area contributed by atoms with Gasteiger partial charge in [0.2, 0.25) is 0 Å². The van der Waals surface area contributed by atoms with E-state index in [1.165, 1.54) is 6.42 Å². The molecule has 0 heterocycles. The first-order chi connectivity index (χ1) is 5.31. The van der Waals surface area contributed by atoms with Crippen LogP contribution in [0.2, 0.25) is 0 Å². The molecule has 0 aromatic carbocycles. The van der Waals surface area contributed by atoms with Crippen molar-refractivity contribution < 1.29 is 40.7 Å². The molecule has 0 aliphatic heterocycles. The smallest absolute Gasteiger partial charge is 0.535 e. The van der Waals surface area contributed by atoms with Gasteiger partial charge < -0.3 is 23.1 Å². The second-order valence-corrected chi connectivity index (χ2v) is 2.00. The van der Waals surface area contributed by atoms with Crippen molar-refractivity contribution in [2.75, 3.05) is 6.61 Å². The Morgan fingerprint density at radius 3 is 2.15 bits per heavy atom. The molecule has 0 aromatic heterocycles. The van der Waals surface area contributed by atoms with Crippen molar-refractivity contribution in [3.63, 3.8) is 0 Å². The van der Waals surface area contributed by atoms with E-state index in [0.717, 1.165) is 12.8 Å². The normalized spacial score (nSPS) is 6.46. The molecule has 0 saturated heterocycles. The monoisotopic (exact) mass is 223 g/mol. The van der Waals surface area contributed by atoms with Gasteiger partial charge in [0.05, 0.1) is 6.61 Å². The molecule has 0 spiro atoms. The van der Waals surface area contributed by atoms with Crippen molar-refractivity contribution in [3.05, 3.63) is 18.9 Å². The Balaban J connectivity index is -0.0000000941. The Morgan fingerprint density at radius 1 is 1.38 bits per heavy atom. The van der Waals surface area contributed by atoms with E-state index in [2.05, 4.69) is 6.92 Å². The minimum atomic E-state index is 0. The van der Waals surface area contributed by atoms with Gasteiger partial charge in [0.25, 0.3) is 0 Å². The Kier molecular flexibility index (Phi) is 40.6. The van der Waals surface area contributed by atoms with E-state index in [-0.39, 0.29) is 35.9 Å².